The van der Waals surface area contributed by atoms with Crippen molar-refractivity contribution < 1.29 is 26.3 Å². The summed E-state index contributed by atoms with van der Waals surface area (Å²) >= 11 is 0. The molecule has 0 spiro atoms. The third-order valence-corrected chi connectivity index (χ3v) is 7.09. The van der Waals surface area contributed by atoms with Gasteiger partial charge in [-0.15, -0.1) is 0 Å². The number of sulfonamides is 1. The maximum absolute atomic E-state index is 13.1. The van der Waals surface area contributed by atoms with Gasteiger partial charge in [0.1, 0.15) is 5.82 Å². The van der Waals surface area contributed by atoms with Crippen LogP contribution in [0.1, 0.15) is 24.4 Å². The number of ether oxygens (including phenoxy) is 1. The van der Waals surface area contributed by atoms with Gasteiger partial charge in [0.25, 0.3) is 5.56 Å². The van der Waals surface area contributed by atoms with Gasteiger partial charge in [0, 0.05) is 14.2 Å². The van der Waals surface area contributed by atoms with E-state index in [1.54, 1.807) is 24.3 Å². The first-order valence-corrected chi connectivity index (χ1v) is 11.1. The average Bonchev–Trinajstić information content (AvgIpc) is 2.77. The molecule has 2 aromatic carbocycles. The molecule has 0 saturated carbocycles. The van der Waals surface area contributed by atoms with Gasteiger partial charge in [0.15, 0.2) is 0 Å². The topological polar surface area (TPSA) is 81.5 Å². The lowest BCUT2D eigenvalue weighted by Gasteiger charge is -2.26. The monoisotopic (exact) mass is 469 g/mol. The Hall–Kier alpha value is -2.76. The average molecular weight is 469 g/mol. The van der Waals surface area contributed by atoms with Crippen LogP contribution in [0.5, 0.6) is 0 Å². The van der Waals surface area contributed by atoms with Gasteiger partial charge in [0.2, 0.25) is 10.0 Å². The standard InChI is InChI=1S/C21H22F3N3O4S/c1-14(26(2)32(29,30)16-8-6-7-15(13-16)21(22,23)24)19-25-18-10-5-4-9-17(18)20(28)27(19)11-12-31-3/h4-10,13-14H,11-12H2,1-3H3. The summed E-state index contributed by atoms with van der Waals surface area (Å²) in [5.74, 6) is 0.156. The van der Waals surface area contributed by atoms with Gasteiger partial charge in [0.05, 0.1) is 40.6 Å². The first-order chi connectivity index (χ1) is 15.0. The SMILES string of the molecule is COCCn1c(C(C)N(C)S(=O)(=O)c2cccc(C(F)(F)F)c2)nc2ccccc2c1=O. The van der Waals surface area contributed by atoms with Gasteiger partial charge in [-0.3, -0.25) is 9.36 Å². The van der Waals surface area contributed by atoms with E-state index in [0.717, 1.165) is 22.5 Å². The Morgan fingerprint density at radius 2 is 1.84 bits per heavy atom. The number of aromatic nitrogens is 2. The third-order valence-electron chi connectivity index (χ3n) is 5.17. The van der Waals surface area contributed by atoms with Crippen LogP contribution < -0.4 is 5.56 Å². The lowest BCUT2D eigenvalue weighted by Crippen LogP contribution is -2.36. The maximum atomic E-state index is 13.1. The first-order valence-electron chi connectivity index (χ1n) is 9.62. The number of hydrogen-bond acceptors (Lipinski definition) is 5. The number of methoxy groups -OCH3 is 1. The quantitative estimate of drug-likeness (QED) is 0.530. The van der Waals surface area contributed by atoms with Crippen molar-refractivity contribution in [3.05, 3.63) is 70.3 Å². The highest BCUT2D eigenvalue weighted by atomic mass is 32.2. The molecule has 0 amide bonds. The van der Waals surface area contributed by atoms with E-state index < -0.39 is 32.7 Å². The van der Waals surface area contributed by atoms with Crippen LogP contribution in [0.3, 0.4) is 0 Å². The fraction of sp³-hybridized carbons (Fsp3) is 0.333. The van der Waals surface area contributed by atoms with Crippen molar-refractivity contribution in [2.45, 2.75) is 30.6 Å². The number of para-hydroxylation sites is 1. The molecule has 1 unspecified atom stereocenters. The summed E-state index contributed by atoms with van der Waals surface area (Å²) in [7, 11) is -1.62. The number of rotatable bonds is 7. The summed E-state index contributed by atoms with van der Waals surface area (Å²) in [6.45, 7) is 1.83. The summed E-state index contributed by atoms with van der Waals surface area (Å²) in [5, 5.41) is 0.364. The van der Waals surface area contributed by atoms with Gasteiger partial charge < -0.3 is 4.74 Å². The van der Waals surface area contributed by atoms with Crippen LogP contribution in [0, 0.1) is 0 Å². The second-order valence-electron chi connectivity index (χ2n) is 7.16. The van der Waals surface area contributed by atoms with E-state index in [4.69, 9.17) is 4.74 Å². The predicted molar refractivity (Wildman–Crippen MR) is 113 cm³/mol. The predicted octanol–water partition coefficient (Wildman–Crippen LogP) is 3.44. The molecule has 32 heavy (non-hydrogen) atoms. The summed E-state index contributed by atoms with van der Waals surface area (Å²) < 4.78 is 72.8. The zero-order valence-corrected chi connectivity index (χ0v) is 18.4. The molecule has 3 aromatic rings. The van der Waals surface area contributed by atoms with E-state index in [1.165, 1.54) is 25.6 Å². The smallest absolute Gasteiger partial charge is 0.383 e. The van der Waals surface area contributed by atoms with E-state index in [9.17, 15) is 26.4 Å². The van der Waals surface area contributed by atoms with E-state index in [2.05, 4.69) is 4.98 Å². The van der Waals surface area contributed by atoms with E-state index in [0.29, 0.717) is 17.0 Å². The molecule has 0 radical (unpaired) electrons. The first kappa shape index (κ1) is 23.9. The molecule has 172 valence electrons. The fourth-order valence-corrected chi connectivity index (χ4v) is 4.64. The zero-order valence-electron chi connectivity index (χ0n) is 17.6. The minimum atomic E-state index is -4.68. The third kappa shape index (κ3) is 4.54. The second kappa shape index (κ2) is 9.00. The minimum Gasteiger partial charge on any atom is -0.383 e. The number of fused-ring (bicyclic) bond motifs is 1. The summed E-state index contributed by atoms with van der Waals surface area (Å²) in [6.07, 6.45) is -4.68. The van der Waals surface area contributed by atoms with Crippen LogP contribution in [0.2, 0.25) is 0 Å². The number of hydrogen-bond donors (Lipinski definition) is 0. The highest BCUT2D eigenvalue weighted by molar-refractivity contribution is 7.89. The van der Waals surface area contributed by atoms with E-state index in [-0.39, 0.29) is 24.5 Å². The van der Waals surface area contributed by atoms with Crippen molar-refractivity contribution in [1.29, 1.82) is 0 Å². The Labute approximate surface area is 183 Å². The number of halogens is 3. The Morgan fingerprint density at radius 1 is 1.16 bits per heavy atom. The Morgan fingerprint density at radius 3 is 2.50 bits per heavy atom. The van der Waals surface area contributed by atoms with Crippen molar-refractivity contribution in [3.8, 4) is 0 Å². The van der Waals surface area contributed by atoms with Crippen molar-refractivity contribution in [3.63, 3.8) is 0 Å². The van der Waals surface area contributed by atoms with Crippen LogP contribution >= 0.6 is 0 Å². The van der Waals surface area contributed by atoms with Crippen molar-refractivity contribution in [1.82, 2.24) is 13.9 Å². The molecule has 1 aromatic heterocycles. The molecular weight excluding hydrogens is 447 g/mol. The van der Waals surface area contributed by atoms with Gasteiger partial charge >= 0.3 is 6.18 Å². The molecule has 0 bridgehead atoms. The molecule has 0 aliphatic carbocycles. The lowest BCUT2D eigenvalue weighted by atomic mass is 10.2. The van der Waals surface area contributed by atoms with Gasteiger partial charge in [-0.2, -0.15) is 17.5 Å². The molecule has 0 fully saturated rings. The van der Waals surface area contributed by atoms with Crippen molar-refractivity contribution in [2.75, 3.05) is 20.8 Å². The van der Waals surface area contributed by atoms with Gasteiger partial charge in [-0.1, -0.05) is 18.2 Å². The van der Waals surface area contributed by atoms with Crippen LogP contribution in [0.4, 0.5) is 13.2 Å². The molecule has 11 heteroatoms. The van der Waals surface area contributed by atoms with Crippen LogP contribution in [0.15, 0.2) is 58.2 Å². The second-order valence-corrected chi connectivity index (χ2v) is 9.16. The van der Waals surface area contributed by atoms with Crippen LogP contribution in [0.25, 0.3) is 10.9 Å². The molecule has 0 aliphatic rings. The van der Waals surface area contributed by atoms with E-state index in [1.807, 2.05) is 0 Å². The Kier molecular flexibility index (Phi) is 6.72. The molecular formula is C21H22F3N3O4S. The fourth-order valence-electron chi connectivity index (χ4n) is 3.27. The van der Waals surface area contributed by atoms with Crippen LogP contribution in [-0.4, -0.2) is 43.0 Å². The number of benzene rings is 2. The van der Waals surface area contributed by atoms with Crippen molar-refractivity contribution in [2.24, 2.45) is 0 Å². The molecule has 0 saturated heterocycles. The minimum absolute atomic E-state index is 0.129. The lowest BCUT2D eigenvalue weighted by molar-refractivity contribution is -0.137. The molecule has 1 atom stereocenters. The van der Waals surface area contributed by atoms with Gasteiger partial charge in [-0.25, -0.2) is 13.4 Å². The normalized spacial score (nSPS) is 13.6. The molecule has 3 rings (SSSR count). The van der Waals surface area contributed by atoms with E-state index >= 15 is 0 Å². The summed E-state index contributed by atoms with van der Waals surface area (Å²) in [6, 6.07) is 9.21. The zero-order chi connectivity index (χ0) is 23.7. The molecule has 1 heterocycles. The molecule has 0 N–H and O–H groups in total. The number of nitrogens with zero attached hydrogens (tertiary/aromatic N) is 3. The highest BCUT2D eigenvalue weighted by Gasteiger charge is 2.34. The van der Waals surface area contributed by atoms with Crippen molar-refractivity contribution >= 4 is 20.9 Å². The number of alkyl halides is 3. The molecule has 0 aliphatic heterocycles. The largest absolute Gasteiger partial charge is 0.416 e. The molecule has 7 nitrogen and oxygen atoms in total. The summed E-state index contributed by atoms with van der Waals surface area (Å²) in [4.78, 5) is 17.0. The van der Waals surface area contributed by atoms with Gasteiger partial charge in [-0.05, 0) is 37.3 Å². The maximum Gasteiger partial charge on any atom is 0.416 e. The Balaban J connectivity index is 2.10. The Bertz CT molecular complexity index is 1290. The van der Waals surface area contributed by atoms with Crippen LogP contribution in [-0.2, 0) is 27.5 Å². The highest BCUT2D eigenvalue weighted by Crippen LogP contribution is 2.32. The summed E-state index contributed by atoms with van der Waals surface area (Å²) in [5.41, 5.74) is -1.04.